The van der Waals surface area contributed by atoms with Crippen molar-refractivity contribution in [2.24, 2.45) is 7.05 Å². The van der Waals surface area contributed by atoms with Crippen LogP contribution in [0.1, 0.15) is 16.2 Å². The number of imidazole rings is 1. The van der Waals surface area contributed by atoms with E-state index in [1.165, 1.54) is 12.1 Å². The van der Waals surface area contributed by atoms with Crippen LogP contribution in [-0.4, -0.2) is 32.7 Å². The zero-order valence-electron chi connectivity index (χ0n) is 16.4. The van der Waals surface area contributed by atoms with Crippen LogP contribution in [0.4, 0.5) is 0 Å². The lowest BCUT2D eigenvalue weighted by atomic mass is 10.2. The largest absolute Gasteiger partial charge is 0.486 e. The quantitative estimate of drug-likeness (QED) is 0.496. The highest BCUT2D eigenvalue weighted by atomic mass is 16.5. The first-order chi connectivity index (χ1) is 14.5. The van der Waals surface area contributed by atoms with Crippen LogP contribution in [0.5, 0.6) is 23.1 Å². The minimum absolute atomic E-state index is 0.173. The maximum Gasteiger partial charge on any atom is 0.335 e. The van der Waals surface area contributed by atoms with Crippen LogP contribution in [0.25, 0.3) is 11.0 Å². The summed E-state index contributed by atoms with van der Waals surface area (Å²) in [4.78, 5) is 19.8. The molecule has 4 rings (SSSR count). The molecule has 0 amide bonds. The van der Waals surface area contributed by atoms with Crippen molar-refractivity contribution in [2.45, 2.75) is 6.61 Å². The van der Waals surface area contributed by atoms with Crippen LogP contribution in [0.2, 0.25) is 0 Å². The number of carbonyl (C=O) groups is 1. The summed E-state index contributed by atoms with van der Waals surface area (Å²) in [5.41, 5.74) is 1.86. The second-order valence-electron chi connectivity index (χ2n) is 6.50. The van der Waals surface area contributed by atoms with Gasteiger partial charge in [0.2, 0.25) is 5.88 Å². The molecule has 0 radical (unpaired) electrons. The van der Waals surface area contributed by atoms with Gasteiger partial charge < -0.3 is 23.9 Å². The minimum atomic E-state index is -0.997. The first-order valence-electron chi connectivity index (χ1n) is 9.13. The Morgan fingerprint density at radius 1 is 1.07 bits per heavy atom. The summed E-state index contributed by atoms with van der Waals surface area (Å²) in [6, 6.07) is 15.5. The van der Waals surface area contributed by atoms with E-state index in [9.17, 15) is 4.79 Å². The van der Waals surface area contributed by atoms with Gasteiger partial charge in [-0.15, -0.1) is 0 Å². The van der Waals surface area contributed by atoms with Gasteiger partial charge in [0, 0.05) is 19.2 Å². The van der Waals surface area contributed by atoms with Gasteiger partial charge in [-0.2, -0.15) is 0 Å². The third kappa shape index (κ3) is 4.02. The Morgan fingerprint density at radius 3 is 2.63 bits per heavy atom. The Bertz CT molecular complexity index is 1200. The molecule has 0 spiro atoms. The van der Waals surface area contributed by atoms with Crippen molar-refractivity contribution in [1.82, 2.24) is 14.5 Å². The fourth-order valence-electron chi connectivity index (χ4n) is 2.96. The normalized spacial score (nSPS) is 10.7. The first-order valence-corrected chi connectivity index (χ1v) is 9.13. The van der Waals surface area contributed by atoms with Crippen molar-refractivity contribution < 1.29 is 24.1 Å². The minimum Gasteiger partial charge on any atom is -0.486 e. The van der Waals surface area contributed by atoms with E-state index < -0.39 is 5.97 Å². The Kier molecular flexibility index (Phi) is 5.21. The third-order valence-corrected chi connectivity index (χ3v) is 4.55. The van der Waals surface area contributed by atoms with Crippen LogP contribution >= 0.6 is 0 Å². The monoisotopic (exact) mass is 405 g/mol. The summed E-state index contributed by atoms with van der Waals surface area (Å²) in [6.07, 6.45) is 1.59. The zero-order valence-corrected chi connectivity index (χ0v) is 16.4. The Balaban J connectivity index is 1.52. The van der Waals surface area contributed by atoms with Crippen LogP contribution in [-0.2, 0) is 13.7 Å². The first kappa shape index (κ1) is 19.3. The highest BCUT2D eigenvalue weighted by Crippen LogP contribution is 2.27. The molecule has 0 bridgehead atoms. The maximum absolute atomic E-state index is 11.1. The van der Waals surface area contributed by atoms with Crippen molar-refractivity contribution in [1.29, 1.82) is 0 Å². The van der Waals surface area contributed by atoms with Crippen molar-refractivity contribution >= 4 is 17.0 Å². The van der Waals surface area contributed by atoms with E-state index in [4.69, 9.17) is 19.3 Å². The summed E-state index contributed by atoms with van der Waals surface area (Å²) in [5.74, 6) is 1.94. The number of fused-ring (bicyclic) bond motifs is 1. The van der Waals surface area contributed by atoms with Crippen molar-refractivity contribution in [3.8, 4) is 23.1 Å². The molecule has 2 aromatic heterocycles. The highest BCUT2D eigenvalue weighted by molar-refractivity contribution is 5.88. The molecular formula is C22H19N3O5. The lowest BCUT2D eigenvalue weighted by Crippen LogP contribution is -2.04. The Hall–Kier alpha value is -4.07. The molecule has 1 N–H and O–H groups in total. The lowest BCUT2D eigenvalue weighted by Gasteiger charge is -2.08. The van der Waals surface area contributed by atoms with Crippen molar-refractivity contribution in [3.63, 3.8) is 0 Å². The molecule has 8 nitrogen and oxygen atoms in total. The van der Waals surface area contributed by atoms with Crippen molar-refractivity contribution in [2.75, 3.05) is 7.11 Å². The molecule has 0 atom stereocenters. The number of nitrogens with zero attached hydrogens (tertiary/aromatic N) is 3. The van der Waals surface area contributed by atoms with E-state index >= 15 is 0 Å². The van der Waals surface area contributed by atoms with E-state index in [0.717, 1.165) is 11.0 Å². The standard InChI is InChI=1S/C22H19N3O5/c1-25-19-11-16(30-17-7-9-21(28-2)23-12-17)6-8-18(19)24-20(25)13-29-15-5-3-4-14(10-15)22(26)27/h3-12H,13H2,1-2H3,(H,26,27). The fraction of sp³-hybridized carbons (Fsp3) is 0.136. The summed E-state index contributed by atoms with van der Waals surface area (Å²) < 4.78 is 18.6. The zero-order chi connectivity index (χ0) is 21.1. The lowest BCUT2D eigenvalue weighted by molar-refractivity contribution is 0.0696. The summed E-state index contributed by atoms with van der Waals surface area (Å²) in [5, 5.41) is 9.10. The van der Waals surface area contributed by atoms with E-state index in [2.05, 4.69) is 9.97 Å². The van der Waals surface area contributed by atoms with Gasteiger partial charge in [0.15, 0.2) is 0 Å². The van der Waals surface area contributed by atoms with Gasteiger partial charge in [0.25, 0.3) is 0 Å². The van der Waals surface area contributed by atoms with E-state index in [1.807, 2.05) is 29.8 Å². The second-order valence-corrected chi connectivity index (χ2v) is 6.50. The average Bonchev–Trinajstić information content (AvgIpc) is 3.08. The number of hydrogen-bond donors (Lipinski definition) is 1. The van der Waals surface area contributed by atoms with E-state index in [1.54, 1.807) is 37.6 Å². The third-order valence-electron chi connectivity index (χ3n) is 4.55. The molecule has 2 heterocycles. The molecule has 0 aliphatic heterocycles. The molecule has 4 aromatic rings. The molecule has 2 aromatic carbocycles. The van der Waals surface area contributed by atoms with Gasteiger partial charge >= 0.3 is 5.97 Å². The van der Waals surface area contributed by atoms with Gasteiger partial charge in [-0.05, 0) is 36.4 Å². The predicted octanol–water partition coefficient (Wildman–Crippen LogP) is 4.05. The fourth-order valence-corrected chi connectivity index (χ4v) is 2.96. The number of ether oxygens (including phenoxy) is 3. The molecular weight excluding hydrogens is 386 g/mol. The van der Waals surface area contributed by atoms with Crippen molar-refractivity contribution in [3.05, 3.63) is 72.2 Å². The van der Waals surface area contributed by atoms with Gasteiger partial charge in [0.1, 0.15) is 29.7 Å². The number of pyridine rings is 1. The molecule has 0 aliphatic rings. The number of rotatable bonds is 7. The molecule has 0 aliphatic carbocycles. The molecule has 8 heteroatoms. The molecule has 0 saturated heterocycles. The van der Waals surface area contributed by atoms with Crippen LogP contribution in [0.3, 0.4) is 0 Å². The highest BCUT2D eigenvalue weighted by Gasteiger charge is 2.11. The molecule has 0 unspecified atom stereocenters. The molecule has 0 fully saturated rings. The second kappa shape index (κ2) is 8.12. The SMILES string of the molecule is COc1ccc(Oc2ccc3nc(COc4cccc(C(=O)O)c4)n(C)c3c2)cn1. The smallest absolute Gasteiger partial charge is 0.335 e. The topological polar surface area (TPSA) is 95.7 Å². The predicted molar refractivity (Wildman–Crippen MR) is 109 cm³/mol. The molecule has 0 saturated carbocycles. The number of aromatic carboxylic acids is 1. The Morgan fingerprint density at radius 2 is 1.90 bits per heavy atom. The Labute approximate surface area is 172 Å². The number of carboxylic acid groups (broad SMARTS) is 1. The maximum atomic E-state index is 11.1. The van der Waals surface area contributed by atoms with Gasteiger partial charge in [0.05, 0.1) is 29.9 Å². The van der Waals surface area contributed by atoms with Crippen LogP contribution in [0, 0.1) is 0 Å². The average molecular weight is 405 g/mol. The summed E-state index contributed by atoms with van der Waals surface area (Å²) in [7, 11) is 3.45. The van der Waals surface area contributed by atoms with Gasteiger partial charge in [-0.25, -0.2) is 14.8 Å². The number of benzene rings is 2. The van der Waals surface area contributed by atoms with Crippen LogP contribution in [0.15, 0.2) is 60.8 Å². The molecule has 30 heavy (non-hydrogen) atoms. The number of methoxy groups -OCH3 is 1. The van der Waals surface area contributed by atoms with Crippen LogP contribution < -0.4 is 14.2 Å². The number of aryl methyl sites for hydroxylation is 1. The van der Waals surface area contributed by atoms with E-state index in [0.29, 0.717) is 29.0 Å². The summed E-state index contributed by atoms with van der Waals surface area (Å²) >= 11 is 0. The van der Waals surface area contributed by atoms with E-state index in [-0.39, 0.29) is 12.2 Å². The van der Waals surface area contributed by atoms with Gasteiger partial charge in [-0.1, -0.05) is 6.07 Å². The number of hydrogen-bond acceptors (Lipinski definition) is 6. The number of carboxylic acids is 1. The summed E-state index contributed by atoms with van der Waals surface area (Å²) in [6.45, 7) is 0.201. The van der Waals surface area contributed by atoms with Gasteiger partial charge in [-0.3, -0.25) is 0 Å². The molecule has 152 valence electrons. The number of aromatic nitrogens is 3.